The molecule has 1 amide bonds. The average Bonchev–Trinajstić information content (AvgIpc) is 2.98. The number of carbonyl (C=O) groups excluding carboxylic acids is 2. The summed E-state index contributed by atoms with van der Waals surface area (Å²) in [6.45, 7) is 0. The number of carbonyl (C=O) groups is 2. The maximum absolute atomic E-state index is 11.9. The number of alkyl halides is 1. The number of hydrogen-bond acceptors (Lipinski definition) is 5. The maximum atomic E-state index is 11.9. The molecule has 2 aromatic carbocycles. The van der Waals surface area contributed by atoms with Crippen molar-refractivity contribution in [2.75, 3.05) is 0 Å². The number of nitrogens with one attached hydrogen (secondary N) is 1. The summed E-state index contributed by atoms with van der Waals surface area (Å²) < 4.78 is 1.77. The van der Waals surface area contributed by atoms with Gasteiger partial charge in [-0.3, -0.25) is 15.0 Å². The van der Waals surface area contributed by atoms with Gasteiger partial charge in [0.05, 0.1) is 0 Å². The topological polar surface area (TPSA) is 108 Å². The largest absolute Gasteiger partial charge is 0.371 e. The van der Waals surface area contributed by atoms with Crippen LogP contribution in [0.15, 0.2) is 53.5 Å². The van der Waals surface area contributed by atoms with E-state index in [2.05, 4.69) is 10.4 Å². The van der Waals surface area contributed by atoms with E-state index in [-0.39, 0.29) is 30.3 Å². The molecule has 140 valence electrons. The van der Waals surface area contributed by atoms with E-state index < -0.39 is 11.3 Å². The summed E-state index contributed by atoms with van der Waals surface area (Å²) in [7, 11) is 0. The SMILES string of the molecule is Cl.NNC(=O)CC1=Nc2ccccc2[N+]1=Cc1cccc(C(=O)C(O)Cl)c1. The molecule has 0 aromatic heterocycles. The molecular formula is C18H17Cl2N4O3+. The van der Waals surface area contributed by atoms with E-state index in [0.29, 0.717) is 11.4 Å². The van der Waals surface area contributed by atoms with E-state index in [0.717, 1.165) is 11.4 Å². The van der Waals surface area contributed by atoms with E-state index >= 15 is 0 Å². The number of aliphatic hydroxyl groups is 1. The summed E-state index contributed by atoms with van der Waals surface area (Å²) >= 11 is 5.46. The highest BCUT2D eigenvalue weighted by Gasteiger charge is 2.31. The van der Waals surface area contributed by atoms with Gasteiger partial charge < -0.3 is 5.11 Å². The smallest absolute Gasteiger partial charge is 0.314 e. The Hall–Kier alpha value is -2.58. The van der Waals surface area contributed by atoms with Gasteiger partial charge in [0.2, 0.25) is 17.4 Å². The van der Waals surface area contributed by atoms with Crippen LogP contribution in [0.2, 0.25) is 0 Å². The molecule has 1 heterocycles. The number of nitrogens with zero attached hydrogens (tertiary/aromatic N) is 2. The first kappa shape index (κ1) is 20.7. The van der Waals surface area contributed by atoms with E-state index in [1.807, 2.05) is 24.3 Å². The summed E-state index contributed by atoms with van der Waals surface area (Å²) in [4.78, 5) is 28.0. The van der Waals surface area contributed by atoms with Crippen LogP contribution < -0.4 is 11.3 Å². The van der Waals surface area contributed by atoms with Gasteiger partial charge >= 0.3 is 5.84 Å². The van der Waals surface area contributed by atoms with Crippen LogP contribution in [0.25, 0.3) is 0 Å². The van der Waals surface area contributed by atoms with Crippen molar-refractivity contribution in [3.05, 3.63) is 59.7 Å². The van der Waals surface area contributed by atoms with Crippen LogP contribution >= 0.6 is 24.0 Å². The third kappa shape index (κ3) is 4.58. The van der Waals surface area contributed by atoms with E-state index in [4.69, 9.17) is 17.4 Å². The van der Waals surface area contributed by atoms with Crippen molar-refractivity contribution in [1.82, 2.24) is 5.43 Å². The lowest BCUT2D eigenvalue weighted by molar-refractivity contribution is -0.296. The normalized spacial score (nSPS) is 14.8. The number of hydrogen-bond donors (Lipinski definition) is 3. The highest BCUT2D eigenvalue weighted by atomic mass is 35.5. The van der Waals surface area contributed by atoms with Crippen LogP contribution in [0.4, 0.5) is 11.4 Å². The van der Waals surface area contributed by atoms with Crippen molar-refractivity contribution in [2.24, 2.45) is 10.8 Å². The summed E-state index contributed by atoms with van der Waals surface area (Å²) in [5.74, 6) is 4.73. The average molecular weight is 408 g/mol. The minimum absolute atomic E-state index is 0. The van der Waals surface area contributed by atoms with Gasteiger partial charge in [0, 0.05) is 11.1 Å². The third-order valence-corrected chi connectivity index (χ3v) is 4.01. The van der Waals surface area contributed by atoms with Crippen LogP contribution in [0.1, 0.15) is 22.3 Å². The number of Topliss-reactive ketones (excluding diaryl/α,β-unsaturated/α-hetero) is 1. The minimum Gasteiger partial charge on any atom is -0.371 e. The molecule has 0 bridgehead atoms. The number of amidine groups is 1. The van der Waals surface area contributed by atoms with Gasteiger partial charge in [-0.2, -0.15) is 4.58 Å². The predicted octanol–water partition coefficient (Wildman–Crippen LogP) is 2.04. The molecule has 4 N–H and O–H groups in total. The number of hydrazine groups is 1. The van der Waals surface area contributed by atoms with Gasteiger partial charge in [-0.15, -0.1) is 12.4 Å². The number of fused-ring (bicyclic) bond motifs is 1. The number of rotatable bonds is 5. The molecule has 0 saturated heterocycles. The van der Waals surface area contributed by atoms with Crippen LogP contribution in [-0.4, -0.2) is 39.0 Å². The zero-order chi connectivity index (χ0) is 18.7. The quantitative estimate of drug-likeness (QED) is 0.176. The van der Waals surface area contributed by atoms with E-state index in [1.54, 1.807) is 35.1 Å². The summed E-state index contributed by atoms with van der Waals surface area (Å²) in [5, 5.41) is 9.27. The Balaban J connectivity index is 0.00000261. The van der Waals surface area contributed by atoms with Crippen molar-refractivity contribution in [2.45, 2.75) is 12.0 Å². The number of aliphatic imine (C=N–C) groups is 1. The minimum atomic E-state index is -1.59. The van der Waals surface area contributed by atoms with Gasteiger partial charge in [0.25, 0.3) is 0 Å². The Labute approximate surface area is 166 Å². The molecule has 1 atom stereocenters. The Bertz CT molecular complexity index is 942. The lowest BCUT2D eigenvalue weighted by Gasteiger charge is -2.04. The van der Waals surface area contributed by atoms with Crippen LogP contribution in [0, 0.1) is 0 Å². The number of benzene rings is 2. The molecule has 7 nitrogen and oxygen atoms in total. The maximum Gasteiger partial charge on any atom is 0.314 e. The molecule has 0 aliphatic carbocycles. The molecule has 0 saturated carbocycles. The Morgan fingerprint density at radius 3 is 2.70 bits per heavy atom. The Morgan fingerprint density at radius 2 is 2.00 bits per heavy atom. The molecular weight excluding hydrogens is 391 g/mol. The first-order valence-electron chi connectivity index (χ1n) is 7.76. The van der Waals surface area contributed by atoms with Gasteiger partial charge in [0.15, 0.2) is 11.3 Å². The number of aliphatic hydroxyl groups excluding tert-OH is 1. The van der Waals surface area contributed by atoms with Crippen molar-refractivity contribution in [3.8, 4) is 0 Å². The predicted molar refractivity (Wildman–Crippen MR) is 105 cm³/mol. The Kier molecular flexibility index (Phi) is 6.81. The fourth-order valence-corrected chi connectivity index (χ4v) is 2.74. The second-order valence-corrected chi connectivity index (χ2v) is 6.00. The van der Waals surface area contributed by atoms with Crippen LogP contribution in [-0.2, 0) is 4.79 Å². The first-order chi connectivity index (χ1) is 12.5. The molecule has 27 heavy (non-hydrogen) atoms. The van der Waals surface area contributed by atoms with Crippen LogP contribution in [0.3, 0.4) is 0 Å². The van der Waals surface area contributed by atoms with Crippen molar-refractivity contribution in [3.63, 3.8) is 0 Å². The summed E-state index contributed by atoms with van der Waals surface area (Å²) in [6.07, 6.45) is 1.76. The number of amides is 1. The molecule has 9 heteroatoms. The molecule has 2 aromatic rings. The zero-order valence-electron chi connectivity index (χ0n) is 14.0. The lowest BCUT2D eigenvalue weighted by Crippen LogP contribution is -2.33. The molecule has 1 unspecified atom stereocenters. The standard InChI is InChI=1S/C18H15ClN4O3.ClH/c19-18(26)17(25)12-5-3-4-11(8-12)10-23-14-7-2-1-6-13(14)21-15(23)9-16(24)22-20;/h1-8,10,18,26H,9,20H2;1H/p+1. The highest BCUT2D eigenvalue weighted by molar-refractivity contribution is 6.32. The van der Waals surface area contributed by atoms with Gasteiger partial charge in [-0.1, -0.05) is 41.9 Å². The zero-order valence-corrected chi connectivity index (χ0v) is 15.6. The molecule has 0 fully saturated rings. The molecule has 1 aliphatic heterocycles. The molecule has 0 radical (unpaired) electrons. The lowest BCUT2D eigenvalue weighted by atomic mass is 10.1. The highest BCUT2D eigenvalue weighted by Crippen LogP contribution is 2.33. The number of halogens is 2. The van der Waals surface area contributed by atoms with E-state index in [9.17, 15) is 14.7 Å². The molecule has 3 rings (SSSR count). The molecule has 0 spiro atoms. The van der Waals surface area contributed by atoms with Crippen molar-refractivity contribution < 1.29 is 19.3 Å². The first-order valence-corrected chi connectivity index (χ1v) is 8.20. The van der Waals surface area contributed by atoms with Gasteiger partial charge in [-0.25, -0.2) is 5.84 Å². The van der Waals surface area contributed by atoms with Crippen molar-refractivity contribution >= 4 is 59.1 Å². The number of para-hydroxylation sites is 2. The number of ketones is 1. The summed E-state index contributed by atoms with van der Waals surface area (Å²) in [5.41, 5.74) is 3.00. The second kappa shape index (κ2) is 8.88. The molecule has 1 aliphatic rings. The van der Waals surface area contributed by atoms with E-state index in [1.165, 1.54) is 0 Å². The second-order valence-electron chi connectivity index (χ2n) is 5.59. The van der Waals surface area contributed by atoms with Gasteiger partial charge in [-0.05, 0) is 23.2 Å². The Morgan fingerprint density at radius 1 is 1.26 bits per heavy atom. The van der Waals surface area contributed by atoms with Gasteiger partial charge in [0.1, 0.15) is 12.6 Å². The van der Waals surface area contributed by atoms with Crippen molar-refractivity contribution in [1.29, 1.82) is 0 Å². The third-order valence-electron chi connectivity index (χ3n) is 3.81. The van der Waals surface area contributed by atoms with Crippen LogP contribution in [0.5, 0.6) is 0 Å². The summed E-state index contributed by atoms with van der Waals surface area (Å²) in [6, 6.07) is 14.1. The fourth-order valence-electron chi connectivity index (χ4n) is 2.62. The number of nitrogens with two attached hydrogens (primary N) is 1. The fraction of sp³-hybridized carbons (Fsp3) is 0.111. The monoisotopic (exact) mass is 407 g/mol.